The first-order valence-corrected chi connectivity index (χ1v) is 7.05. The van der Waals surface area contributed by atoms with E-state index in [1.54, 1.807) is 24.3 Å². The van der Waals surface area contributed by atoms with Crippen LogP contribution < -0.4 is 15.4 Å². The Labute approximate surface area is 123 Å². The number of carbonyl (C=O) groups is 2. The van der Waals surface area contributed by atoms with E-state index in [2.05, 4.69) is 0 Å². The molecule has 2 rings (SSSR count). The Morgan fingerprint density at radius 3 is 2.81 bits per heavy atom. The second-order valence-electron chi connectivity index (χ2n) is 5.13. The molecule has 2 atom stereocenters. The van der Waals surface area contributed by atoms with Gasteiger partial charge in [-0.2, -0.15) is 0 Å². The number of benzene rings is 1. The van der Waals surface area contributed by atoms with E-state index in [0.29, 0.717) is 24.4 Å². The molecule has 114 valence electrons. The van der Waals surface area contributed by atoms with E-state index >= 15 is 0 Å². The van der Waals surface area contributed by atoms with Gasteiger partial charge in [0.2, 0.25) is 12.0 Å². The van der Waals surface area contributed by atoms with Crippen LogP contribution in [0, 0.1) is 5.92 Å². The third-order valence-corrected chi connectivity index (χ3v) is 3.72. The first-order chi connectivity index (χ1) is 10.1. The average molecular weight is 292 g/mol. The number of fused-ring (bicyclic) bond motifs is 1. The van der Waals surface area contributed by atoms with E-state index in [1.807, 2.05) is 6.92 Å². The maximum Gasteiger partial charge on any atom is 0.346 e. The number of aliphatic carboxylic acids is 1. The first-order valence-electron chi connectivity index (χ1n) is 7.05. The van der Waals surface area contributed by atoms with Gasteiger partial charge in [-0.1, -0.05) is 25.5 Å². The molecule has 1 aromatic rings. The lowest BCUT2D eigenvalue weighted by Crippen LogP contribution is -2.47. The number of ether oxygens (including phenoxy) is 1. The number of nitrogens with zero attached hydrogens (tertiary/aromatic N) is 1. The van der Waals surface area contributed by atoms with Crippen molar-refractivity contribution < 1.29 is 19.4 Å². The van der Waals surface area contributed by atoms with Crippen LogP contribution in [-0.2, 0) is 9.59 Å². The number of hydrogen-bond donors (Lipinski definition) is 2. The van der Waals surface area contributed by atoms with Gasteiger partial charge in [0.05, 0.1) is 12.2 Å². The average Bonchev–Trinajstić information content (AvgIpc) is 2.51. The molecule has 6 heteroatoms. The van der Waals surface area contributed by atoms with Crippen molar-refractivity contribution in [2.75, 3.05) is 18.0 Å². The highest BCUT2D eigenvalue weighted by molar-refractivity contribution is 5.96. The zero-order chi connectivity index (χ0) is 15.4. The molecule has 0 saturated heterocycles. The molecule has 1 aliphatic heterocycles. The van der Waals surface area contributed by atoms with Crippen LogP contribution in [0.15, 0.2) is 24.3 Å². The lowest BCUT2D eigenvalue weighted by molar-refractivity contribution is -0.145. The standard InChI is InChI=1S/C15H20N2O4/c1-2-10(8-16)7-14(18)17-9-13(15(19)20)21-12-6-4-3-5-11(12)17/h3-6,10,13H,2,7-9,16H2,1H3,(H,19,20). The highest BCUT2D eigenvalue weighted by Crippen LogP contribution is 2.33. The van der Waals surface area contributed by atoms with Gasteiger partial charge in [-0.3, -0.25) is 4.79 Å². The maximum absolute atomic E-state index is 12.5. The number of carboxylic acid groups (broad SMARTS) is 1. The van der Waals surface area contributed by atoms with E-state index in [4.69, 9.17) is 15.6 Å². The molecular formula is C15H20N2O4. The molecule has 0 fully saturated rings. The number of nitrogens with two attached hydrogens (primary N) is 1. The molecule has 1 aromatic carbocycles. The minimum absolute atomic E-state index is 0.0200. The van der Waals surface area contributed by atoms with Crippen LogP contribution in [0.4, 0.5) is 5.69 Å². The molecule has 0 bridgehead atoms. The van der Waals surface area contributed by atoms with Gasteiger partial charge in [0.15, 0.2) is 0 Å². The van der Waals surface area contributed by atoms with Gasteiger partial charge < -0.3 is 20.5 Å². The van der Waals surface area contributed by atoms with Crippen LogP contribution in [0.2, 0.25) is 0 Å². The molecule has 1 aliphatic rings. The molecule has 1 heterocycles. The Morgan fingerprint density at radius 2 is 2.19 bits per heavy atom. The summed E-state index contributed by atoms with van der Waals surface area (Å²) in [5, 5.41) is 9.15. The van der Waals surface area contributed by atoms with Gasteiger partial charge in [-0.05, 0) is 24.6 Å². The molecule has 2 unspecified atom stereocenters. The quantitative estimate of drug-likeness (QED) is 0.851. The summed E-state index contributed by atoms with van der Waals surface area (Å²) in [4.78, 5) is 25.2. The van der Waals surface area contributed by atoms with Crippen LogP contribution in [0.3, 0.4) is 0 Å². The van der Waals surface area contributed by atoms with E-state index in [-0.39, 0.29) is 18.4 Å². The Kier molecular flexibility index (Phi) is 4.80. The number of carboxylic acids is 1. The molecule has 1 amide bonds. The lowest BCUT2D eigenvalue weighted by Gasteiger charge is -2.33. The molecule has 21 heavy (non-hydrogen) atoms. The second kappa shape index (κ2) is 6.58. The molecule has 6 nitrogen and oxygen atoms in total. The molecule has 0 aliphatic carbocycles. The fraction of sp³-hybridized carbons (Fsp3) is 0.467. The number of rotatable bonds is 5. The highest BCUT2D eigenvalue weighted by atomic mass is 16.5. The molecule has 0 aromatic heterocycles. The smallest absolute Gasteiger partial charge is 0.346 e. The van der Waals surface area contributed by atoms with Gasteiger partial charge in [0, 0.05) is 6.42 Å². The number of para-hydroxylation sites is 2. The third kappa shape index (κ3) is 3.33. The van der Waals surface area contributed by atoms with E-state index in [1.165, 1.54) is 4.90 Å². The maximum atomic E-state index is 12.5. The van der Waals surface area contributed by atoms with Crippen LogP contribution in [0.1, 0.15) is 19.8 Å². The zero-order valence-corrected chi connectivity index (χ0v) is 12.0. The molecule has 3 N–H and O–H groups in total. The number of carbonyl (C=O) groups excluding carboxylic acids is 1. The topological polar surface area (TPSA) is 92.9 Å². The molecule has 0 spiro atoms. The minimum Gasteiger partial charge on any atom is -0.478 e. The Hall–Kier alpha value is -2.08. The summed E-state index contributed by atoms with van der Waals surface area (Å²) >= 11 is 0. The predicted octanol–water partition coefficient (Wildman–Crippen LogP) is 1.24. The van der Waals surface area contributed by atoms with Crippen molar-refractivity contribution in [1.82, 2.24) is 0 Å². The van der Waals surface area contributed by atoms with Gasteiger partial charge in [0.1, 0.15) is 5.75 Å². The van der Waals surface area contributed by atoms with Crippen molar-refractivity contribution in [2.45, 2.75) is 25.9 Å². The van der Waals surface area contributed by atoms with Crippen LogP contribution in [-0.4, -0.2) is 36.2 Å². The third-order valence-electron chi connectivity index (χ3n) is 3.72. The minimum atomic E-state index is -1.08. The summed E-state index contributed by atoms with van der Waals surface area (Å²) in [7, 11) is 0. The fourth-order valence-electron chi connectivity index (χ4n) is 2.35. The van der Waals surface area contributed by atoms with Crippen molar-refractivity contribution in [1.29, 1.82) is 0 Å². The molecule has 0 saturated carbocycles. The summed E-state index contributed by atoms with van der Waals surface area (Å²) in [6.45, 7) is 2.45. The van der Waals surface area contributed by atoms with Crippen molar-refractivity contribution in [3.8, 4) is 5.75 Å². The number of anilines is 1. The van der Waals surface area contributed by atoms with Gasteiger partial charge >= 0.3 is 5.97 Å². The Balaban J connectivity index is 2.24. The molecule has 0 radical (unpaired) electrons. The summed E-state index contributed by atoms with van der Waals surface area (Å²) in [6.07, 6.45) is 0.0892. The van der Waals surface area contributed by atoms with E-state index < -0.39 is 12.1 Å². The summed E-state index contributed by atoms with van der Waals surface area (Å²) in [6, 6.07) is 6.98. The van der Waals surface area contributed by atoms with Gasteiger partial charge in [-0.15, -0.1) is 0 Å². The van der Waals surface area contributed by atoms with E-state index in [9.17, 15) is 9.59 Å². The lowest BCUT2D eigenvalue weighted by atomic mass is 10.0. The first kappa shape index (κ1) is 15.3. The summed E-state index contributed by atoms with van der Waals surface area (Å²) in [5.74, 6) is -0.663. The summed E-state index contributed by atoms with van der Waals surface area (Å²) < 4.78 is 5.41. The predicted molar refractivity (Wildman–Crippen MR) is 78.3 cm³/mol. The van der Waals surface area contributed by atoms with Crippen molar-refractivity contribution in [3.05, 3.63) is 24.3 Å². The highest BCUT2D eigenvalue weighted by Gasteiger charge is 2.33. The zero-order valence-electron chi connectivity index (χ0n) is 12.0. The van der Waals surface area contributed by atoms with Crippen LogP contribution >= 0.6 is 0 Å². The number of amides is 1. The normalized spacial score (nSPS) is 18.6. The van der Waals surface area contributed by atoms with Crippen molar-refractivity contribution in [2.24, 2.45) is 11.7 Å². The van der Waals surface area contributed by atoms with Gasteiger partial charge in [-0.25, -0.2) is 4.79 Å². The number of hydrogen-bond acceptors (Lipinski definition) is 4. The summed E-state index contributed by atoms with van der Waals surface area (Å²) in [5.41, 5.74) is 6.26. The molecular weight excluding hydrogens is 272 g/mol. The fourth-order valence-corrected chi connectivity index (χ4v) is 2.35. The largest absolute Gasteiger partial charge is 0.478 e. The monoisotopic (exact) mass is 292 g/mol. The Bertz CT molecular complexity index is 528. The second-order valence-corrected chi connectivity index (χ2v) is 5.13. The van der Waals surface area contributed by atoms with Gasteiger partial charge in [0.25, 0.3) is 0 Å². The van der Waals surface area contributed by atoms with Crippen molar-refractivity contribution >= 4 is 17.6 Å². The Morgan fingerprint density at radius 1 is 1.48 bits per heavy atom. The van der Waals surface area contributed by atoms with Crippen LogP contribution in [0.25, 0.3) is 0 Å². The van der Waals surface area contributed by atoms with E-state index in [0.717, 1.165) is 6.42 Å². The SMILES string of the molecule is CCC(CN)CC(=O)N1CC(C(=O)O)Oc2ccccc21. The van der Waals surface area contributed by atoms with Crippen molar-refractivity contribution in [3.63, 3.8) is 0 Å². The van der Waals surface area contributed by atoms with Crippen LogP contribution in [0.5, 0.6) is 5.75 Å².